The van der Waals surface area contributed by atoms with E-state index in [2.05, 4.69) is 17.3 Å². The molecule has 1 fully saturated rings. The molecule has 1 aromatic rings. The molecule has 0 aromatic carbocycles. The van der Waals surface area contributed by atoms with Crippen molar-refractivity contribution in [2.45, 2.75) is 44.8 Å². The van der Waals surface area contributed by atoms with Crippen molar-refractivity contribution in [1.29, 1.82) is 0 Å². The van der Waals surface area contributed by atoms with Gasteiger partial charge in [-0.15, -0.1) is 0 Å². The minimum atomic E-state index is 0.622. The van der Waals surface area contributed by atoms with Gasteiger partial charge in [-0.2, -0.15) is 5.10 Å². The van der Waals surface area contributed by atoms with Crippen molar-refractivity contribution in [2.75, 3.05) is 0 Å². The molecular weight excluding hydrogens is 162 g/mol. The smallest absolute Gasteiger partial charge is 0.0489 e. The minimum absolute atomic E-state index is 0.622. The summed E-state index contributed by atoms with van der Waals surface area (Å²) >= 11 is 0. The van der Waals surface area contributed by atoms with Crippen molar-refractivity contribution in [3.05, 3.63) is 18.5 Å². The number of nitrogens with one attached hydrogen (secondary N) is 1. The normalized spacial score (nSPS) is 18.8. The topological polar surface area (TPSA) is 29.9 Å². The minimum Gasteiger partial charge on any atom is -0.311 e. The van der Waals surface area contributed by atoms with E-state index in [0.29, 0.717) is 6.04 Å². The van der Waals surface area contributed by atoms with Crippen molar-refractivity contribution in [3.63, 3.8) is 0 Å². The van der Waals surface area contributed by atoms with E-state index in [1.165, 1.54) is 12.8 Å². The Balaban J connectivity index is 1.66. The lowest BCUT2D eigenvalue weighted by Gasteiger charge is -2.12. The average molecular weight is 179 g/mol. The predicted molar refractivity (Wildman–Crippen MR) is 52.5 cm³/mol. The van der Waals surface area contributed by atoms with Crippen LogP contribution in [-0.4, -0.2) is 21.9 Å². The first kappa shape index (κ1) is 8.75. The van der Waals surface area contributed by atoms with Gasteiger partial charge in [0.1, 0.15) is 0 Å². The third-order valence-electron chi connectivity index (χ3n) is 2.45. The SMILES string of the molecule is CC(CCn1cccn1)NC1CC1. The first-order valence-electron chi connectivity index (χ1n) is 5.08. The van der Waals surface area contributed by atoms with Gasteiger partial charge in [0.25, 0.3) is 0 Å². The summed E-state index contributed by atoms with van der Waals surface area (Å²) in [4.78, 5) is 0. The van der Waals surface area contributed by atoms with Gasteiger partial charge in [0, 0.05) is 31.0 Å². The standard InChI is InChI=1S/C10H17N3/c1-9(12-10-3-4-10)5-8-13-7-2-6-11-13/h2,6-7,9-10,12H,3-5,8H2,1H3. The van der Waals surface area contributed by atoms with E-state index < -0.39 is 0 Å². The molecule has 1 aliphatic rings. The van der Waals surface area contributed by atoms with Crippen LogP contribution in [0.15, 0.2) is 18.5 Å². The summed E-state index contributed by atoms with van der Waals surface area (Å²) in [5.41, 5.74) is 0. The van der Waals surface area contributed by atoms with E-state index >= 15 is 0 Å². The van der Waals surface area contributed by atoms with Crippen molar-refractivity contribution in [3.8, 4) is 0 Å². The van der Waals surface area contributed by atoms with Gasteiger partial charge in [0.15, 0.2) is 0 Å². The molecule has 3 heteroatoms. The van der Waals surface area contributed by atoms with Crippen molar-refractivity contribution in [2.24, 2.45) is 0 Å². The highest BCUT2D eigenvalue weighted by molar-refractivity contribution is 4.83. The van der Waals surface area contributed by atoms with Crippen LogP contribution in [0.25, 0.3) is 0 Å². The second-order valence-electron chi connectivity index (χ2n) is 3.90. The number of rotatable bonds is 5. The Kier molecular flexibility index (Phi) is 2.64. The zero-order valence-electron chi connectivity index (χ0n) is 8.11. The van der Waals surface area contributed by atoms with Crippen LogP contribution in [0.3, 0.4) is 0 Å². The van der Waals surface area contributed by atoms with Crippen LogP contribution in [0.5, 0.6) is 0 Å². The Morgan fingerprint density at radius 1 is 1.62 bits per heavy atom. The van der Waals surface area contributed by atoms with Gasteiger partial charge in [0.2, 0.25) is 0 Å². The van der Waals surface area contributed by atoms with E-state index in [1.54, 1.807) is 0 Å². The lowest BCUT2D eigenvalue weighted by atomic mass is 10.2. The van der Waals surface area contributed by atoms with Crippen molar-refractivity contribution >= 4 is 0 Å². The molecule has 1 unspecified atom stereocenters. The van der Waals surface area contributed by atoms with Gasteiger partial charge in [-0.1, -0.05) is 0 Å². The number of aromatic nitrogens is 2. The highest BCUT2D eigenvalue weighted by Crippen LogP contribution is 2.19. The zero-order chi connectivity index (χ0) is 9.10. The van der Waals surface area contributed by atoms with Crippen LogP contribution in [-0.2, 0) is 6.54 Å². The van der Waals surface area contributed by atoms with E-state index in [9.17, 15) is 0 Å². The lowest BCUT2D eigenvalue weighted by molar-refractivity contribution is 0.456. The van der Waals surface area contributed by atoms with Gasteiger partial charge in [0.05, 0.1) is 0 Å². The molecule has 0 amide bonds. The van der Waals surface area contributed by atoms with Crippen LogP contribution in [0.1, 0.15) is 26.2 Å². The van der Waals surface area contributed by atoms with Gasteiger partial charge in [-0.3, -0.25) is 4.68 Å². The van der Waals surface area contributed by atoms with Crippen LogP contribution in [0.2, 0.25) is 0 Å². The van der Waals surface area contributed by atoms with Gasteiger partial charge in [-0.05, 0) is 32.3 Å². The molecule has 0 bridgehead atoms. The maximum atomic E-state index is 4.17. The maximum absolute atomic E-state index is 4.17. The third kappa shape index (κ3) is 2.84. The molecule has 1 N–H and O–H groups in total. The first-order chi connectivity index (χ1) is 6.34. The molecule has 1 saturated carbocycles. The molecule has 0 radical (unpaired) electrons. The molecule has 13 heavy (non-hydrogen) atoms. The van der Waals surface area contributed by atoms with E-state index in [1.807, 2.05) is 23.1 Å². The summed E-state index contributed by atoms with van der Waals surface area (Å²) in [6, 6.07) is 3.41. The number of aryl methyl sites for hydroxylation is 1. The molecule has 1 aliphatic carbocycles. The molecule has 0 spiro atoms. The van der Waals surface area contributed by atoms with Crippen LogP contribution in [0.4, 0.5) is 0 Å². The Bertz CT molecular complexity index is 239. The highest BCUT2D eigenvalue weighted by atomic mass is 15.3. The fourth-order valence-electron chi connectivity index (χ4n) is 1.49. The monoisotopic (exact) mass is 179 g/mol. The lowest BCUT2D eigenvalue weighted by Crippen LogP contribution is -2.29. The molecule has 1 heterocycles. The average Bonchev–Trinajstić information content (AvgIpc) is 2.78. The van der Waals surface area contributed by atoms with Gasteiger partial charge >= 0.3 is 0 Å². The Morgan fingerprint density at radius 2 is 2.46 bits per heavy atom. The van der Waals surface area contributed by atoms with E-state index in [-0.39, 0.29) is 0 Å². The highest BCUT2D eigenvalue weighted by Gasteiger charge is 2.22. The van der Waals surface area contributed by atoms with Crippen LogP contribution in [0, 0.1) is 0 Å². The first-order valence-corrected chi connectivity index (χ1v) is 5.08. The molecule has 72 valence electrons. The maximum Gasteiger partial charge on any atom is 0.0489 e. The predicted octanol–water partition coefficient (Wildman–Crippen LogP) is 1.41. The number of nitrogens with zero attached hydrogens (tertiary/aromatic N) is 2. The number of hydrogen-bond acceptors (Lipinski definition) is 2. The molecule has 0 saturated heterocycles. The second kappa shape index (κ2) is 3.92. The fourth-order valence-corrected chi connectivity index (χ4v) is 1.49. The molecular formula is C10H17N3. The molecule has 1 atom stereocenters. The molecule has 3 nitrogen and oxygen atoms in total. The Hall–Kier alpha value is -0.830. The largest absolute Gasteiger partial charge is 0.311 e. The fraction of sp³-hybridized carbons (Fsp3) is 0.700. The van der Waals surface area contributed by atoms with E-state index in [0.717, 1.165) is 19.0 Å². The van der Waals surface area contributed by atoms with Crippen LogP contribution >= 0.6 is 0 Å². The third-order valence-corrected chi connectivity index (χ3v) is 2.45. The quantitative estimate of drug-likeness (QED) is 0.740. The molecule has 0 aliphatic heterocycles. The van der Waals surface area contributed by atoms with Crippen molar-refractivity contribution < 1.29 is 0 Å². The van der Waals surface area contributed by atoms with Crippen molar-refractivity contribution in [1.82, 2.24) is 15.1 Å². The summed E-state index contributed by atoms with van der Waals surface area (Å²) in [6.07, 6.45) is 7.75. The van der Waals surface area contributed by atoms with Gasteiger partial charge in [-0.25, -0.2) is 0 Å². The summed E-state index contributed by atoms with van der Waals surface area (Å²) in [5.74, 6) is 0. The summed E-state index contributed by atoms with van der Waals surface area (Å²) in [6.45, 7) is 3.27. The van der Waals surface area contributed by atoms with E-state index in [4.69, 9.17) is 0 Å². The van der Waals surface area contributed by atoms with Gasteiger partial charge < -0.3 is 5.32 Å². The molecule has 2 rings (SSSR count). The summed E-state index contributed by atoms with van der Waals surface area (Å²) < 4.78 is 1.99. The second-order valence-corrected chi connectivity index (χ2v) is 3.90. The number of hydrogen-bond donors (Lipinski definition) is 1. The summed E-state index contributed by atoms with van der Waals surface area (Å²) in [7, 11) is 0. The summed E-state index contributed by atoms with van der Waals surface area (Å²) in [5, 5.41) is 7.75. The Labute approximate surface area is 79.1 Å². The Morgan fingerprint density at radius 3 is 3.08 bits per heavy atom. The van der Waals surface area contributed by atoms with Crippen LogP contribution < -0.4 is 5.32 Å². The zero-order valence-corrected chi connectivity index (χ0v) is 8.11. The molecule has 1 aromatic heterocycles.